The van der Waals surface area contributed by atoms with Gasteiger partial charge in [0, 0.05) is 23.1 Å². The Morgan fingerprint density at radius 1 is 0.630 bits per heavy atom. The Hall–Kier alpha value is -2.02. The maximum Gasteiger partial charge on any atom is 0.0491 e. The second-order valence-electron chi connectivity index (χ2n) is 7.79. The van der Waals surface area contributed by atoms with Crippen molar-refractivity contribution in [3.8, 4) is 11.3 Å². The largest absolute Gasteiger partial charge is 0.340 e. The van der Waals surface area contributed by atoms with Crippen LogP contribution in [-0.4, -0.2) is 4.57 Å². The number of unbranched alkanes of at least 4 members (excludes halogenated alkanes) is 9. The van der Waals surface area contributed by atoms with Gasteiger partial charge in [0.15, 0.2) is 0 Å². The molecule has 0 saturated heterocycles. The minimum atomic E-state index is 1.12. The summed E-state index contributed by atoms with van der Waals surface area (Å²) in [5.74, 6) is 0. The second-order valence-corrected chi connectivity index (χ2v) is 7.79. The van der Waals surface area contributed by atoms with Crippen LogP contribution in [0, 0.1) is 0 Å². The number of aryl methyl sites for hydroxylation is 1. The van der Waals surface area contributed by atoms with Crippen LogP contribution in [0.4, 0.5) is 0 Å². The van der Waals surface area contributed by atoms with Crippen molar-refractivity contribution in [1.29, 1.82) is 0 Å². The Morgan fingerprint density at radius 2 is 1.22 bits per heavy atom. The van der Waals surface area contributed by atoms with E-state index in [9.17, 15) is 0 Å². The molecule has 0 saturated carbocycles. The molecule has 0 aliphatic carbocycles. The Balaban J connectivity index is 1.51. The van der Waals surface area contributed by atoms with Gasteiger partial charge in [0.25, 0.3) is 0 Å². The molecule has 27 heavy (non-hydrogen) atoms. The van der Waals surface area contributed by atoms with Crippen molar-refractivity contribution in [2.24, 2.45) is 0 Å². The minimum absolute atomic E-state index is 1.12. The van der Waals surface area contributed by atoms with E-state index in [1.54, 1.807) is 0 Å². The standard InChI is InChI=1S/C26H35N/c1-2-3-4-5-6-7-8-9-10-16-21-27-25-20-15-14-19-24(25)22-26(27)23-17-12-11-13-18-23/h11-15,17-20,22H,2-10,16,21H2,1H3. The van der Waals surface area contributed by atoms with Crippen molar-refractivity contribution >= 4 is 10.9 Å². The fourth-order valence-electron chi connectivity index (χ4n) is 4.06. The summed E-state index contributed by atoms with van der Waals surface area (Å²) in [6.45, 7) is 3.41. The molecule has 0 fully saturated rings. The average molecular weight is 362 g/mol. The summed E-state index contributed by atoms with van der Waals surface area (Å²) >= 11 is 0. The predicted octanol–water partition coefficient (Wildman–Crippen LogP) is 8.23. The molecule has 3 rings (SSSR count). The Morgan fingerprint density at radius 3 is 1.93 bits per heavy atom. The van der Waals surface area contributed by atoms with Gasteiger partial charge in [-0.05, 0) is 24.1 Å². The van der Waals surface area contributed by atoms with Gasteiger partial charge in [-0.25, -0.2) is 0 Å². The first kappa shape index (κ1) is 19.7. The van der Waals surface area contributed by atoms with Crippen LogP contribution in [0.25, 0.3) is 22.2 Å². The second kappa shape index (κ2) is 11.0. The highest BCUT2D eigenvalue weighted by atomic mass is 15.0. The summed E-state index contributed by atoms with van der Waals surface area (Å²) in [5.41, 5.74) is 4.04. The summed E-state index contributed by atoms with van der Waals surface area (Å²) in [5, 5.41) is 1.35. The van der Waals surface area contributed by atoms with Crippen LogP contribution in [0.15, 0.2) is 60.7 Å². The van der Waals surface area contributed by atoms with Crippen molar-refractivity contribution in [1.82, 2.24) is 4.57 Å². The van der Waals surface area contributed by atoms with Gasteiger partial charge in [0.05, 0.1) is 0 Å². The molecule has 1 aromatic heterocycles. The van der Waals surface area contributed by atoms with Gasteiger partial charge in [-0.15, -0.1) is 0 Å². The van der Waals surface area contributed by atoms with Gasteiger partial charge >= 0.3 is 0 Å². The molecule has 0 atom stereocenters. The lowest BCUT2D eigenvalue weighted by molar-refractivity contribution is 0.539. The molecule has 0 radical (unpaired) electrons. The fourth-order valence-corrected chi connectivity index (χ4v) is 4.06. The summed E-state index contributed by atoms with van der Waals surface area (Å²) in [6, 6.07) is 22.0. The predicted molar refractivity (Wildman–Crippen MR) is 119 cm³/mol. The van der Waals surface area contributed by atoms with E-state index < -0.39 is 0 Å². The van der Waals surface area contributed by atoms with Gasteiger partial charge in [-0.1, -0.05) is 113 Å². The molecule has 3 aromatic rings. The highest BCUT2D eigenvalue weighted by molar-refractivity contribution is 5.87. The zero-order valence-corrected chi connectivity index (χ0v) is 17.0. The average Bonchev–Trinajstić information content (AvgIpc) is 3.09. The van der Waals surface area contributed by atoms with Crippen LogP contribution in [0.5, 0.6) is 0 Å². The van der Waals surface area contributed by atoms with Gasteiger partial charge < -0.3 is 4.57 Å². The van der Waals surface area contributed by atoms with E-state index >= 15 is 0 Å². The van der Waals surface area contributed by atoms with Crippen molar-refractivity contribution in [2.45, 2.75) is 77.7 Å². The number of benzene rings is 2. The lowest BCUT2D eigenvalue weighted by Gasteiger charge is -2.11. The molecule has 0 N–H and O–H groups in total. The molecular weight excluding hydrogens is 326 g/mol. The summed E-state index contributed by atoms with van der Waals surface area (Å²) in [6.07, 6.45) is 13.9. The van der Waals surface area contributed by atoms with Crippen molar-refractivity contribution in [3.05, 3.63) is 60.7 Å². The number of hydrogen-bond donors (Lipinski definition) is 0. The molecule has 1 heteroatoms. The van der Waals surface area contributed by atoms with Gasteiger partial charge in [-0.2, -0.15) is 0 Å². The van der Waals surface area contributed by atoms with Gasteiger partial charge in [-0.3, -0.25) is 0 Å². The Labute approximate surface area is 165 Å². The van der Waals surface area contributed by atoms with Crippen LogP contribution < -0.4 is 0 Å². The molecule has 2 aromatic carbocycles. The lowest BCUT2D eigenvalue weighted by Crippen LogP contribution is -2.00. The zero-order valence-electron chi connectivity index (χ0n) is 17.0. The molecule has 0 unspecified atom stereocenters. The third kappa shape index (κ3) is 5.73. The van der Waals surface area contributed by atoms with E-state index in [4.69, 9.17) is 0 Å². The molecular formula is C26H35N. The third-order valence-electron chi connectivity index (χ3n) is 5.62. The number of aromatic nitrogens is 1. The Kier molecular flexibility index (Phi) is 8.02. The van der Waals surface area contributed by atoms with Crippen LogP contribution >= 0.6 is 0 Å². The number of para-hydroxylation sites is 1. The van der Waals surface area contributed by atoms with E-state index in [1.807, 2.05) is 0 Å². The zero-order chi connectivity index (χ0) is 18.7. The fraction of sp³-hybridized carbons (Fsp3) is 0.462. The summed E-state index contributed by atoms with van der Waals surface area (Å²) in [7, 11) is 0. The topological polar surface area (TPSA) is 4.93 Å². The number of fused-ring (bicyclic) bond motifs is 1. The lowest BCUT2D eigenvalue weighted by atomic mass is 10.1. The van der Waals surface area contributed by atoms with E-state index in [0.717, 1.165) is 6.54 Å². The SMILES string of the molecule is CCCCCCCCCCCCn1c(-c2ccccc2)cc2ccccc21. The van der Waals surface area contributed by atoms with Gasteiger partial charge in [0.1, 0.15) is 0 Å². The molecule has 0 aliphatic rings. The number of hydrogen-bond acceptors (Lipinski definition) is 0. The number of rotatable bonds is 12. The normalized spacial score (nSPS) is 11.3. The molecule has 144 valence electrons. The summed E-state index contributed by atoms with van der Waals surface area (Å²) in [4.78, 5) is 0. The molecule has 0 spiro atoms. The number of nitrogens with zero attached hydrogens (tertiary/aromatic N) is 1. The molecule has 0 amide bonds. The molecule has 0 aliphatic heterocycles. The third-order valence-corrected chi connectivity index (χ3v) is 5.62. The maximum atomic E-state index is 2.52. The van der Waals surface area contributed by atoms with E-state index in [-0.39, 0.29) is 0 Å². The Bertz CT molecular complexity index is 784. The first-order valence-electron chi connectivity index (χ1n) is 11.0. The molecule has 1 nitrogen and oxygen atoms in total. The van der Waals surface area contributed by atoms with Crippen LogP contribution in [-0.2, 0) is 6.54 Å². The highest BCUT2D eigenvalue weighted by Gasteiger charge is 2.09. The highest BCUT2D eigenvalue weighted by Crippen LogP contribution is 2.28. The van der Waals surface area contributed by atoms with Crippen molar-refractivity contribution in [3.63, 3.8) is 0 Å². The molecule has 1 heterocycles. The molecule has 0 bridgehead atoms. The quantitative estimate of drug-likeness (QED) is 0.286. The van der Waals surface area contributed by atoms with Crippen LogP contribution in [0.1, 0.15) is 71.1 Å². The van der Waals surface area contributed by atoms with E-state index in [0.29, 0.717) is 0 Å². The van der Waals surface area contributed by atoms with Crippen LogP contribution in [0.3, 0.4) is 0 Å². The first-order valence-corrected chi connectivity index (χ1v) is 11.0. The summed E-state index contributed by atoms with van der Waals surface area (Å²) < 4.78 is 2.52. The van der Waals surface area contributed by atoms with Crippen molar-refractivity contribution < 1.29 is 0 Å². The van der Waals surface area contributed by atoms with E-state index in [1.165, 1.54) is 86.4 Å². The maximum absolute atomic E-state index is 2.52. The smallest absolute Gasteiger partial charge is 0.0491 e. The van der Waals surface area contributed by atoms with Gasteiger partial charge in [0.2, 0.25) is 0 Å². The minimum Gasteiger partial charge on any atom is -0.340 e. The van der Waals surface area contributed by atoms with E-state index in [2.05, 4.69) is 72.2 Å². The first-order chi connectivity index (χ1) is 13.4. The van der Waals surface area contributed by atoms with Crippen molar-refractivity contribution in [2.75, 3.05) is 0 Å². The van der Waals surface area contributed by atoms with Crippen LogP contribution in [0.2, 0.25) is 0 Å². The monoisotopic (exact) mass is 361 g/mol.